The van der Waals surface area contributed by atoms with Crippen LogP contribution in [0, 0.1) is 12.7 Å². The molecule has 1 aliphatic rings. The average Bonchev–Trinajstić information content (AvgIpc) is 2.66. The van der Waals surface area contributed by atoms with E-state index in [0.29, 0.717) is 22.4 Å². The Morgan fingerprint density at radius 1 is 1.21 bits per heavy atom. The maximum atomic E-state index is 13.2. The van der Waals surface area contributed by atoms with Crippen molar-refractivity contribution < 1.29 is 14.1 Å². The predicted octanol–water partition coefficient (Wildman–Crippen LogP) is 2.32. The minimum absolute atomic E-state index is 0.121. The van der Waals surface area contributed by atoms with E-state index >= 15 is 0 Å². The zero-order valence-electron chi connectivity index (χ0n) is 15.6. The van der Waals surface area contributed by atoms with Gasteiger partial charge in [0.15, 0.2) is 11.7 Å². The van der Waals surface area contributed by atoms with Gasteiger partial charge in [0.2, 0.25) is 0 Å². The molecule has 28 heavy (non-hydrogen) atoms. The number of nitrogens with zero attached hydrogens (tertiary/aromatic N) is 1. The molecular weight excluding hydrogens is 399 g/mol. The van der Waals surface area contributed by atoms with Crippen LogP contribution < -0.4 is 15.5 Å². The molecule has 5 nitrogen and oxygen atoms in total. The third-order valence-corrected chi connectivity index (χ3v) is 5.56. The van der Waals surface area contributed by atoms with Gasteiger partial charge in [-0.25, -0.2) is 4.39 Å². The third kappa shape index (κ3) is 5.41. The van der Waals surface area contributed by atoms with Crippen molar-refractivity contribution in [2.75, 3.05) is 43.4 Å². The Morgan fingerprint density at radius 3 is 2.64 bits per heavy atom. The molecule has 0 aliphatic carbocycles. The van der Waals surface area contributed by atoms with Crippen LogP contribution in [0.25, 0.3) is 0 Å². The molecule has 1 amide bonds. The summed E-state index contributed by atoms with van der Waals surface area (Å²) >= 11 is 11.7. The summed E-state index contributed by atoms with van der Waals surface area (Å²) in [7, 11) is 0. The fourth-order valence-corrected chi connectivity index (χ4v) is 3.61. The molecule has 0 saturated carbocycles. The highest BCUT2D eigenvalue weighted by molar-refractivity contribution is 7.80. The number of nitrogens with one attached hydrogen (secondary N) is 3. The Balaban J connectivity index is 1.46. The first kappa shape index (κ1) is 20.5. The van der Waals surface area contributed by atoms with Gasteiger partial charge in [0.1, 0.15) is 5.82 Å². The first-order chi connectivity index (χ1) is 13.4. The second-order valence-corrected chi connectivity index (χ2v) is 7.61. The van der Waals surface area contributed by atoms with E-state index in [0.717, 1.165) is 37.4 Å². The molecule has 3 rings (SSSR count). The van der Waals surface area contributed by atoms with Crippen molar-refractivity contribution in [3.63, 3.8) is 0 Å². The molecule has 1 saturated heterocycles. The summed E-state index contributed by atoms with van der Waals surface area (Å²) in [5.74, 6) is -0.487. The number of anilines is 2. The molecule has 0 atom stereocenters. The number of halogens is 2. The Bertz CT molecular complexity index is 871. The van der Waals surface area contributed by atoms with Gasteiger partial charge in [-0.15, -0.1) is 0 Å². The molecule has 2 aromatic carbocycles. The molecule has 0 aromatic heterocycles. The zero-order valence-corrected chi connectivity index (χ0v) is 17.2. The van der Waals surface area contributed by atoms with Crippen molar-refractivity contribution in [2.24, 2.45) is 0 Å². The van der Waals surface area contributed by atoms with Gasteiger partial charge < -0.3 is 20.4 Å². The topological polar surface area (TPSA) is 48.8 Å². The summed E-state index contributed by atoms with van der Waals surface area (Å²) in [6, 6.07) is 11.6. The highest BCUT2D eigenvalue weighted by atomic mass is 35.5. The zero-order chi connectivity index (χ0) is 20.1. The van der Waals surface area contributed by atoms with E-state index in [1.165, 1.54) is 17.0 Å². The van der Waals surface area contributed by atoms with E-state index in [4.69, 9.17) is 23.8 Å². The molecule has 0 radical (unpaired) electrons. The number of quaternary nitrogens is 1. The smallest absolute Gasteiger partial charge is 0.279 e. The molecule has 3 N–H and O–H groups in total. The fraction of sp³-hybridized carbons (Fsp3) is 0.300. The van der Waals surface area contributed by atoms with E-state index in [9.17, 15) is 9.18 Å². The lowest BCUT2D eigenvalue weighted by Crippen LogP contribution is -3.15. The monoisotopic (exact) mass is 421 g/mol. The first-order valence-electron chi connectivity index (χ1n) is 9.12. The molecule has 0 spiro atoms. The van der Waals surface area contributed by atoms with Crippen LogP contribution >= 0.6 is 23.8 Å². The quantitative estimate of drug-likeness (QED) is 0.663. The van der Waals surface area contributed by atoms with Gasteiger partial charge in [-0.2, -0.15) is 0 Å². The van der Waals surface area contributed by atoms with Crippen molar-refractivity contribution >= 4 is 46.2 Å². The maximum absolute atomic E-state index is 13.2. The summed E-state index contributed by atoms with van der Waals surface area (Å²) in [6.45, 7) is 5.41. The van der Waals surface area contributed by atoms with Crippen LogP contribution in [-0.4, -0.2) is 48.6 Å². The minimum Gasteiger partial charge on any atom is -0.338 e. The molecule has 1 aliphatic heterocycles. The van der Waals surface area contributed by atoms with E-state index in [-0.39, 0.29) is 11.7 Å². The van der Waals surface area contributed by atoms with Crippen LogP contribution in [0.1, 0.15) is 5.56 Å². The predicted molar refractivity (Wildman–Crippen MR) is 115 cm³/mol. The molecule has 1 heterocycles. The lowest BCUT2D eigenvalue weighted by molar-refractivity contribution is -0.895. The highest BCUT2D eigenvalue weighted by Gasteiger charge is 2.24. The average molecular weight is 422 g/mol. The van der Waals surface area contributed by atoms with E-state index in [2.05, 4.69) is 15.5 Å². The van der Waals surface area contributed by atoms with Gasteiger partial charge >= 0.3 is 0 Å². The van der Waals surface area contributed by atoms with E-state index < -0.39 is 0 Å². The Morgan fingerprint density at radius 2 is 1.93 bits per heavy atom. The van der Waals surface area contributed by atoms with Crippen LogP contribution in [0.4, 0.5) is 15.8 Å². The number of hydrogen-bond donors (Lipinski definition) is 3. The van der Waals surface area contributed by atoms with Crippen molar-refractivity contribution in [2.45, 2.75) is 6.92 Å². The number of thiocarbonyl (C=S) groups is 1. The largest absolute Gasteiger partial charge is 0.338 e. The van der Waals surface area contributed by atoms with Gasteiger partial charge in [-0.05, 0) is 55.0 Å². The van der Waals surface area contributed by atoms with E-state index in [1.54, 1.807) is 12.1 Å². The molecule has 2 aromatic rings. The number of carbonyl (C=O) groups is 1. The number of piperazine rings is 1. The van der Waals surface area contributed by atoms with Crippen LogP contribution in [0.5, 0.6) is 0 Å². The summed E-state index contributed by atoms with van der Waals surface area (Å²) in [4.78, 5) is 15.5. The fourth-order valence-electron chi connectivity index (χ4n) is 3.14. The molecule has 1 fully saturated rings. The molecule has 0 unspecified atom stereocenters. The van der Waals surface area contributed by atoms with Gasteiger partial charge in [0.05, 0.1) is 26.2 Å². The van der Waals surface area contributed by atoms with Crippen molar-refractivity contribution in [3.8, 4) is 0 Å². The third-order valence-electron chi connectivity index (χ3n) is 4.79. The molecule has 148 valence electrons. The van der Waals surface area contributed by atoms with E-state index in [1.807, 2.05) is 25.1 Å². The Kier molecular flexibility index (Phi) is 6.83. The number of rotatable bonds is 4. The van der Waals surface area contributed by atoms with Gasteiger partial charge in [-0.3, -0.25) is 4.79 Å². The summed E-state index contributed by atoms with van der Waals surface area (Å²) in [5, 5.41) is 7.37. The molecule has 8 heteroatoms. The van der Waals surface area contributed by atoms with Gasteiger partial charge in [0.25, 0.3) is 5.91 Å². The van der Waals surface area contributed by atoms with Crippen molar-refractivity contribution in [1.82, 2.24) is 4.90 Å². The highest BCUT2D eigenvalue weighted by Crippen LogP contribution is 2.23. The van der Waals surface area contributed by atoms with Crippen LogP contribution in [0.2, 0.25) is 5.02 Å². The molecule has 0 bridgehead atoms. The summed E-state index contributed by atoms with van der Waals surface area (Å²) in [6.07, 6.45) is 0. The lowest BCUT2D eigenvalue weighted by Gasteiger charge is -2.33. The second-order valence-electron chi connectivity index (χ2n) is 6.81. The van der Waals surface area contributed by atoms with Crippen LogP contribution in [0.3, 0.4) is 0 Å². The number of carbonyl (C=O) groups excluding carboxylic acids is 1. The Labute approximate surface area is 174 Å². The van der Waals surface area contributed by atoms with Crippen LogP contribution in [0.15, 0.2) is 42.5 Å². The normalized spacial score (nSPS) is 14.6. The van der Waals surface area contributed by atoms with Crippen molar-refractivity contribution in [3.05, 3.63) is 58.9 Å². The van der Waals surface area contributed by atoms with Gasteiger partial charge in [-0.1, -0.05) is 23.7 Å². The summed E-state index contributed by atoms with van der Waals surface area (Å²) < 4.78 is 13.2. The standard InChI is InChI=1S/C20H22ClFN4OS/c1-14-17(21)6-3-7-18(14)24-20(28)26-10-8-25(9-11-26)13-19(27)23-16-5-2-4-15(22)12-16/h2-7,12H,8-11,13H2,1H3,(H,23,27)(H,24,28)/p+1. The number of amides is 1. The van der Waals surface area contributed by atoms with Crippen LogP contribution in [-0.2, 0) is 4.79 Å². The summed E-state index contributed by atoms with van der Waals surface area (Å²) in [5.41, 5.74) is 2.34. The minimum atomic E-state index is -0.366. The molecular formula is C20H23ClFN4OS+. The number of benzene rings is 2. The number of hydrogen-bond acceptors (Lipinski definition) is 2. The Hall–Kier alpha value is -2.22. The lowest BCUT2D eigenvalue weighted by atomic mass is 10.2. The first-order valence-corrected chi connectivity index (χ1v) is 9.91. The van der Waals surface area contributed by atoms with Crippen molar-refractivity contribution in [1.29, 1.82) is 0 Å². The maximum Gasteiger partial charge on any atom is 0.279 e. The second kappa shape index (κ2) is 9.32. The van der Waals surface area contributed by atoms with Gasteiger partial charge in [0, 0.05) is 16.4 Å². The SMILES string of the molecule is Cc1c(Cl)cccc1NC(=S)N1CC[NH+](CC(=O)Nc2cccc(F)c2)CC1.